The summed E-state index contributed by atoms with van der Waals surface area (Å²) in [5.74, 6) is 0.287. The summed E-state index contributed by atoms with van der Waals surface area (Å²) in [4.78, 5) is 0. The fourth-order valence-electron chi connectivity index (χ4n) is 2.94. The average Bonchev–Trinajstić information content (AvgIpc) is 3.01. The Balaban J connectivity index is 0.000000261. The van der Waals surface area contributed by atoms with Crippen LogP contribution in [-0.2, 0) is 21.7 Å². The molecule has 0 saturated heterocycles. The SMILES string of the molecule is [O-]c1ccccc1.[O-]c1ccccc1.[O-]c1ccccc1.[O-]c1ccccc1.[Ti+4].c1ccc(-c2ccccc2)cc1. The molecule has 6 rings (SSSR count). The predicted molar refractivity (Wildman–Crippen MR) is 155 cm³/mol. The molecule has 0 bridgehead atoms. The molecule has 0 heterocycles. The third-order valence-corrected chi connectivity index (χ3v) is 4.85. The molecule has 202 valence electrons. The molecule has 0 aliphatic carbocycles. The number of benzene rings is 6. The predicted octanol–water partition coefficient (Wildman–Crippen LogP) is 6.39. The van der Waals surface area contributed by atoms with Crippen molar-refractivity contribution in [2.75, 3.05) is 0 Å². The van der Waals surface area contributed by atoms with Crippen molar-refractivity contribution < 1.29 is 42.1 Å². The molecule has 0 fully saturated rings. The minimum atomic E-state index is 0. The number of hydrogen-bond donors (Lipinski definition) is 0. The first-order chi connectivity index (χ1) is 19.5. The summed E-state index contributed by atoms with van der Waals surface area (Å²) in [6.45, 7) is 0. The van der Waals surface area contributed by atoms with Gasteiger partial charge < -0.3 is 20.4 Å². The van der Waals surface area contributed by atoms with Crippen molar-refractivity contribution in [3.63, 3.8) is 0 Å². The quantitative estimate of drug-likeness (QED) is 0.213. The van der Waals surface area contributed by atoms with Crippen LogP contribution in [0.5, 0.6) is 23.0 Å². The molecule has 0 aliphatic heterocycles. The van der Waals surface area contributed by atoms with Gasteiger partial charge in [-0.05, 0) is 11.1 Å². The molecule has 4 nitrogen and oxygen atoms in total. The first-order valence-corrected chi connectivity index (χ1v) is 12.5. The zero-order valence-corrected chi connectivity index (χ0v) is 24.0. The maximum atomic E-state index is 10.3. The van der Waals surface area contributed by atoms with Crippen molar-refractivity contribution in [1.82, 2.24) is 0 Å². The van der Waals surface area contributed by atoms with E-state index in [9.17, 15) is 20.4 Å². The van der Waals surface area contributed by atoms with Crippen molar-refractivity contribution in [3.8, 4) is 34.1 Å². The summed E-state index contributed by atoms with van der Waals surface area (Å²) < 4.78 is 0. The van der Waals surface area contributed by atoms with E-state index in [1.165, 1.54) is 59.7 Å². The van der Waals surface area contributed by atoms with E-state index in [-0.39, 0.29) is 44.7 Å². The Labute approximate surface area is 257 Å². The normalized spacial score (nSPS) is 8.68. The van der Waals surface area contributed by atoms with Gasteiger partial charge in [0.1, 0.15) is 0 Å². The van der Waals surface area contributed by atoms with E-state index in [0.29, 0.717) is 0 Å². The number of rotatable bonds is 1. The van der Waals surface area contributed by atoms with Crippen LogP contribution in [0.3, 0.4) is 0 Å². The van der Waals surface area contributed by atoms with Gasteiger partial charge in [0.15, 0.2) is 0 Å². The smallest absolute Gasteiger partial charge is 0.872 e. The number of para-hydroxylation sites is 4. The van der Waals surface area contributed by atoms with Crippen LogP contribution in [0.25, 0.3) is 11.1 Å². The first kappa shape index (κ1) is 34.3. The van der Waals surface area contributed by atoms with Crippen molar-refractivity contribution in [1.29, 1.82) is 0 Å². The molecule has 0 N–H and O–H groups in total. The third-order valence-electron chi connectivity index (χ3n) is 4.85. The van der Waals surface area contributed by atoms with Crippen LogP contribution in [0, 0.1) is 0 Å². The largest absolute Gasteiger partial charge is 4.00 e. The Morgan fingerprint density at radius 2 is 0.366 bits per heavy atom. The molecule has 0 radical (unpaired) electrons. The van der Waals surface area contributed by atoms with Crippen LogP contribution < -0.4 is 20.4 Å². The minimum Gasteiger partial charge on any atom is -0.872 e. The van der Waals surface area contributed by atoms with Gasteiger partial charge in [0.2, 0.25) is 0 Å². The topological polar surface area (TPSA) is 92.2 Å². The molecule has 5 heteroatoms. The van der Waals surface area contributed by atoms with Gasteiger partial charge in [-0.1, -0.05) is 182 Å². The molecule has 0 aliphatic rings. The van der Waals surface area contributed by atoms with Crippen molar-refractivity contribution >= 4 is 0 Å². The van der Waals surface area contributed by atoms with Crippen molar-refractivity contribution in [3.05, 3.63) is 182 Å². The Morgan fingerprint density at radius 3 is 0.488 bits per heavy atom. The Kier molecular flexibility index (Phi) is 18.5. The molecule has 0 aromatic heterocycles. The van der Waals surface area contributed by atoms with Gasteiger partial charge in [0.05, 0.1) is 0 Å². The van der Waals surface area contributed by atoms with Crippen LogP contribution in [0.4, 0.5) is 0 Å². The second-order valence-electron chi connectivity index (χ2n) is 7.98. The molecule has 0 atom stereocenters. The molecule has 0 unspecified atom stereocenters. The van der Waals surface area contributed by atoms with Gasteiger partial charge in [0.25, 0.3) is 0 Å². The molecule has 41 heavy (non-hydrogen) atoms. The van der Waals surface area contributed by atoms with Crippen molar-refractivity contribution in [2.45, 2.75) is 0 Å². The van der Waals surface area contributed by atoms with E-state index in [0.717, 1.165) is 0 Å². The molecular weight excluding hydrogens is 544 g/mol. The number of hydrogen-bond acceptors (Lipinski definition) is 4. The minimum absolute atomic E-state index is 0. The summed E-state index contributed by atoms with van der Waals surface area (Å²) in [5.41, 5.74) is 2.55. The van der Waals surface area contributed by atoms with Crippen LogP contribution in [-0.4, -0.2) is 0 Å². The van der Waals surface area contributed by atoms with E-state index >= 15 is 0 Å². The van der Waals surface area contributed by atoms with Gasteiger partial charge in [-0.3, -0.25) is 0 Å². The van der Waals surface area contributed by atoms with E-state index in [1.807, 2.05) is 36.4 Å². The molecule has 6 aromatic carbocycles. The summed E-state index contributed by atoms with van der Waals surface area (Å²) in [6.07, 6.45) is 0. The summed E-state index contributed by atoms with van der Waals surface area (Å²) in [5, 5.41) is 41.1. The van der Waals surface area contributed by atoms with Gasteiger partial charge in [-0.2, -0.15) is 0 Å². The van der Waals surface area contributed by atoms with E-state index in [1.54, 1.807) is 48.5 Å². The Bertz CT molecular complexity index is 1200. The average molecular weight is 574 g/mol. The summed E-state index contributed by atoms with van der Waals surface area (Å²) in [7, 11) is 0. The maximum absolute atomic E-state index is 10.3. The second kappa shape index (κ2) is 22.1. The fourth-order valence-corrected chi connectivity index (χ4v) is 2.94. The molecular formula is C36H30O4Ti. The molecule has 0 spiro atoms. The molecule has 0 amide bonds. The van der Waals surface area contributed by atoms with Gasteiger partial charge in [0, 0.05) is 0 Å². The third kappa shape index (κ3) is 17.4. The van der Waals surface area contributed by atoms with Crippen LogP contribution in [0.1, 0.15) is 0 Å². The standard InChI is InChI=1S/C12H10.4C6H6O.Ti/c1-3-7-11(8-4-1)12-9-5-2-6-10-12;4*7-6-4-2-1-3-5-6;/h1-10H;4*1-5,7H;/q;;;;;+4/p-4. The molecule has 6 aromatic rings. The molecule has 0 saturated carbocycles. The van der Waals surface area contributed by atoms with Crippen LogP contribution >= 0.6 is 0 Å². The summed E-state index contributed by atoms with van der Waals surface area (Å²) in [6, 6.07) is 54.1. The second-order valence-corrected chi connectivity index (χ2v) is 7.98. The maximum Gasteiger partial charge on any atom is 4.00 e. The zero-order valence-electron chi connectivity index (χ0n) is 22.5. The van der Waals surface area contributed by atoms with E-state index < -0.39 is 0 Å². The first-order valence-electron chi connectivity index (χ1n) is 12.5. The Morgan fingerprint density at radius 1 is 0.220 bits per heavy atom. The van der Waals surface area contributed by atoms with Gasteiger partial charge in [-0.15, -0.1) is 23.0 Å². The van der Waals surface area contributed by atoms with Crippen LogP contribution in [0.15, 0.2) is 182 Å². The van der Waals surface area contributed by atoms with E-state index in [4.69, 9.17) is 0 Å². The Hall–Kier alpha value is -4.77. The monoisotopic (exact) mass is 574 g/mol. The fraction of sp³-hybridized carbons (Fsp3) is 0. The van der Waals surface area contributed by atoms with E-state index in [2.05, 4.69) is 48.5 Å². The summed E-state index contributed by atoms with van der Waals surface area (Å²) >= 11 is 0. The van der Waals surface area contributed by atoms with Crippen molar-refractivity contribution in [2.24, 2.45) is 0 Å². The zero-order chi connectivity index (χ0) is 28.7. The van der Waals surface area contributed by atoms with Gasteiger partial charge >= 0.3 is 21.7 Å². The van der Waals surface area contributed by atoms with Gasteiger partial charge in [-0.25, -0.2) is 0 Å². The van der Waals surface area contributed by atoms with Crippen LogP contribution in [0.2, 0.25) is 0 Å².